The fourth-order valence-electron chi connectivity index (χ4n) is 3.85. The van der Waals surface area contributed by atoms with E-state index in [-0.39, 0.29) is 0 Å². The maximum absolute atomic E-state index is 5.82. The third-order valence-corrected chi connectivity index (χ3v) is 6.29. The highest BCUT2D eigenvalue weighted by molar-refractivity contribution is 7.17. The molecule has 5 N–H and O–H groups in total. The van der Waals surface area contributed by atoms with Crippen molar-refractivity contribution in [1.29, 1.82) is 0 Å². The van der Waals surface area contributed by atoms with Crippen LogP contribution in [0.5, 0.6) is 0 Å². The molecule has 1 saturated heterocycles. The van der Waals surface area contributed by atoms with Crippen molar-refractivity contribution in [2.24, 2.45) is 10.7 Å². The van der Waals surface area contributed by atoms with Crippen molar-refractivity contribution in [3.63, 3.8) is 0 Å². The van der Waals surface area contributed by atoms with Crippen molar-refractivity contribution in [2.75, 3.05) is 23.7 Å². The van der Waals surface area contributed by atoms with Crippen LogP contribution in [0.3, 0.4) is 0 Å². The molecule has 0 radical (unpaired) electrons. The lowest BCUT2D eigenvalue weighted by Crippen LogP contribution is -2.32. The van der Waals surface area contributed by atoms with E-state index in [1.54, 1.807) is 17.6 Å². The Bertz CT molecular complexity index is 832. The average molecular weight is 400 g/mol. The largest absolute Gasteiger partial charge is 0.403 e. The third kappa shape index (κ3) is 4.80. The molecule has 2 aliphatic rings. The number of allylic oxidation sites excluding steroid dienone is 1. The van der Waals surface area contributed by atoms with Crippen molar-refractivity contribution in [2.45, 2.75) is 57.0 Å². The molecule has 0 amide bonds. The van der Waals surface area contributed by atoms with Gasteiger partial charge in [0.15, 0.2) is 0 Å². The molecule has 1 aliphatic carbocycles. The molecule has 1 saturated carbocycles. The molecule has 2 fully saturated rings. The zero-order chi connectivity index (χ0) is 19.2. The number of aliphatic imine (C=N–C) groups is 1. The van der Waals surface area contributed by atoms with Gasteiger partial charge >= 0.3 is 0 Å². The molecule has 0 bridgehead atoms. The monoisotopic (exact) mass is 399 g/mol. The van der Waals surface area contributed by atoms with Gasteiger partial charge in [0.25, 0.3) is 0 Å². The number of nitrogens with zero attached hydrogens (tertiary/aromatic N) is 3. The SMILES string of the molecule is NC=C(C=NC1CCCNC1)Nc1nc(NC2CCCCC2)c2sccc2n1. The van der Waals surface area contributed by atoms with E-state index in [9.17, 15) is 0 Å². The van der Waals surface area contributed by atoms with E-state index in [2.05, 4.69) is 31.3 Å². The minimum Gasteiger partial charge on any atom is -0.403 e. The molecule has 2 aromatic rings. The van der Waals surface area contributed by atoms with Crippen molar-refractivity contribution < 1.29 is 0 Å². The number of rotatable bonds is 6. The second kappa shape index (κ2) is 9.34. The molecule has 1 atom stereocenters. The summed E-state index contributed by atoms with van der Waals surface area (Å²) in [5, 5.41) is 12.3. The fourth-order valence-corrected chi connectivity index (χ4v) is 4.63. The maximum Gasteiger partial charge on any atom is 0.229 e. The predicted molar refractivity (Wildman–Crippen MR) is 118 cm³/mol. The number of aromatic nitrogens is 2. The van der Waals surface area contributed by atoms with Crippen molar-refractivity contribution in [3.8, 4) is 0 Å². The van der Waals surface area contributed by atoms with Crippen LogP contribution in [0.25, 0.3) is 10.2 Å². The highest BCUT2D eigenvalue weighted by atomic mass is 32.1. The number of hydrogen-bond donors (Lipinski definition) is 4. The predicted octanol–water partition coefficient (Wildman–Crippen LogP) is 3.47. The van der Waals surface area contributed by atoms with Crippen molar-refractivity contribution >= 4 is 39.5 Å². The molecule has 1 aliphatic heterocycles. The Hall–Kier alpha value is -2.19. The second-order valence-electron chi connectivity index (χ2n) is 7.54. The zero-order valence-corrected chi connectivity index (χ0v) is 17.0. The Kier molecular flexibility index (Phi) is 6.38. The van der Waals surface area contributed by atoms with Crippen LogP contribution in [0.4, 0.5) is 11.8 Å². The molecule has 0 aromatic carbocycles. The lowest BCUT2D eigenvalue weighted by atomic mass is 9.95. The van der Waals surface area contributed by atoms with Gasteiger partial charge in [-0.05, 0) is 43.7 Å². The summed E-state index contributed by atoms with van der Waals surface area (Å²) in [5.74, 6) is 1.47. The number of piperidine rings is 1. The van der Waals surface area contributed by atoms with E-state index in [1.165, 1.54) is 38.3 Å². The molecule has 1 unspecified atom stereocenters. The molecule has 8 heteroatoms. The van der Waals surface area contributed by atoms with Gasteiger partial charge in [-0.3, -0.25) is 4.99 Å². The van der Waals surface area contributed by atoms with Crippen LogP contribution in [-0.2, 0) is 0 Å². The Labute approximate surface area is 169 Å². The molecule has 3 heterocycles. The first-order chi connectivity index (χ1) is 13.8. The van der Waals surface area contributed by atoms with Gasteiger partial charge in [0.05, 0.1) is 22.0 Å². The molecule has 28 heavy (non-hydrogen) atoms. The second-order valence-corrected chi connectivity index (χ2v) is 8.45. The Morgan fingerprint density at radius 1 is 1.21 bits per heavy atom. The zero-order valence-electron chi connectivity index (χ0n) is 16.2. The lowest BCUT2D eigenvalue weighted by molar-refractivity contribution is 0.462. The van der Waals surface area contributed by atoms with E-state index in [4.69, 9.17) is 10.7 Å². The molecular formula is C20H29N7S. The molecule has 2 aromatic heterocycles. The highest BCUT2D eigenvalue weighted by Crippen LogP contribution is 2.30. The van der Waals surface area contributed by atoms with Gasteiger partial charge in [0, 0.05) is 25.0 Å². The van der Waals surface area contributed by atoms with Crippen LogP contribution in [0.15, 0.2) is 28.3 Å². The third-order valence-electron chi connectivity index (χ3n) is 5.38. The van der Waals surface area contributed by atoms with Crippen LogP contribution in [-0.4, -0.2) is 41.4 Å². The van der Waals surface area contributed by atoms with Gasteiger partial charge in [-0.15, -0.1) is 11.3 Å². The Balaban J connectivity index is 1.50. The van der Waals surface area contributed by atoms with Gasteiger partial charge in [0.2, 0.25) is 5.95 Å². The van der Waals surface area contributed by atoms with E-state index < -0.39 is 0 Å². The van der Waals surface area contributed by atoms with E-state index in [0.717, 1.165) is 42.0 Å². The Morgan fingerprint density at radius 3 is 2.89 bits per heavy atom. The molecule has 7 nitrogen and oxygen atoms in total. The van der Waals surface area contributed by atoms with Crippen LogP contribution >= 0.6 is 11.3 Å². The van der Waals surface area contributed by atoms with Gasteiger partial charge in [-0.1, -0.05) is 19.3 Å². The Morgan fingerprint density at radius 2 is 2.11 bits per heavy atom. The number of anilines is 2. The normalized spacial score (nSPS) is 22.0. The van der Waals surface area contributed by atoms with Crippen LogP contribution < -0.4 is 21.7 Å². The summed E-state index contributed by atoms with van der Waals surface area (Å²) in [7, 11) is 0. The maximum atomic E-state index is 5.82. The molecule has 150 valence electrons. The van der Waals surface area contributed by atoms with Gasteiger partial charge in [-0.2, -0.15) is 4.98 Å². The summed E-state index contributed by atoms with van der Waals surface area (Å²) < 4.78 is 1.11. The van der Waals surface area contributed by atoms with Crippen molar-refractivity contribution in [1.82, 2.24) is 15.3 Å². The summed E-state index contributed by atoms with van der Waals surface area (Å²) >= 11 is 1.68. The summed E-state index contributed by atoms with van der Waals surface area (Å²) in [6, 6.07) is 2.83. The van der Waals surface area contributed by atoms with E-state index >= 15 is 0 Å². The summed E-state index contributed by atoms with van der Waals surface area (Å²) in [5.41, 5.74) is 7.48. The number of nitrogens with one attached hydrogen (secondary N) is 3. The van der Waals surface area contributed by atoms with Crippen LogP contribution in [0.1, 0.15) is 44.9 Å². The topological polar surface area (TPSA) is 100 Å². The van der Waals surface area contributed by atoms with E-state index in [0.29, 0.717) is 23.7 Å². The molecule has 0 spiro atoms. The number of thiophene rings is 1. The van der Waals surface area contributed by atoms with Gasteiger partial charge in [0.1, 0.15) is 5.82 Å². The summed E-state index contributed by atoms with van der Waals surface area (Å²) in [6.07, 6.45) is 11.9. The van der Waals surface area contributed by atoms with E-state index in [1.807, 2.05) is 6.07 Å². The molecular weight excluding hydrogens is 370 g/mol. The van der Waals surface area contributed by atoms with Gasteiger partial charge in [-0.25, -0.2) is 4.98 Å². The summed E-state index contributed by atoms with van der Waals surface area (Å²) in [6.45, 7) is 2.00. The lowest BCUT2D eigenvalue weighted by Gasteiger charge is -2.23. The minimum absolute atomic E-state index is 0.300. The smallest absolute Gasteiger partial charge is 0.229 e. The number of hydrogen-bond acceptors (Lipinski definition) is 8. The molecule has 4 rings (SSSR count). The number of nitrogens with two attached hydrogens (primary N) is 1. The standard InChI is InChI=1S/C20H29N7S/c21-11-16(13-23-15-7-4-9-22-12-15)25-20-26-17-8-10-28-18(17)19(27-20)24-14-5-2-1-3-6-14/h8,10-11,13-15,22H,1-7,9,12,21H2,(H2,24,25,26,27). The quantitative estimate of drug-likeness (QED) is 0.555. The van der Waals surface area contributed by atoms with Crippen molar-refractivity contribution in [3.05, 3.63) is 23.3 Å². The minimum atomic E-state index is 0.300. The average Bonchev–Trinajstić information content (AvgIpc) is 3.21. The first-order valence-electron chi connectivity index (χ1n) is 10.3. The number of fused-ring (bicyclic) bond motifs is 1. The van der Waals surface area contributed by atoms with Gasteiger partial charge < -0.3 is 21.7 Å². The fraction of sp³-hybridized carbons (Fsp3) is 0.550. The first-order valence-corrected chi connectivity index (χ1v) is 11.1. The first kappa shape index (κ1) is 19.1. The van der Waals surface area contributed by atoms with Crippen LogP contribution in [0.2, 0.25) is 0 Å². The summed E-state index contributed by atoms with van der Waals surface area (Å²) in [4.78, 5) is 14.1. The van der Waals surface area contributed by atoms with Crippen LogP contribution in [0, 0.1) is 0 Å². The highest BCUT2D eigenvalue weighted by Gasteiger charge is 2.17.